The van der Waals surface area contributed by atoms with Crippen LogP contribution in [0.4, 0.5) is 11.4 Å². The number of hydrazone groups is 2. The standard InChI is InChI=1S/C42H36N6O2S/c1-3-47-39-11-7-5-9-35(39)37-25-29(13-23-41(37)47)27-43-45-31-15-19-33(20-16-31)51(49,50)34-21-17-32(18-22-34)46-44-28-30-14-24-42-38(26-30)36-10-6-8-12-40(36)48(42)4-2/h5-28,45-46H,3-4H2,1-2H3/b43-27+,44-28+. The summed E-state index contributed by atoms with van der Waals surface area (Å²) in [5.74, 6) is 0. The maximum Gasteiger partial charge on any atom is 0.206 e. The molecule has 0 fully saturated rings. The van der Waals surface area contributed by atoms with E-state index in [4.69, 9.17) is 0 Å². The molecule has 0 aliphatic rings. The molecule has 9 heteroatoms. The summed E-state index contributed by atoms with van der Waals surface area (Å²) < 4.78 is 31.4. The Labute approximate surface area is 296 Å². The van der Waals surface area contributed by atoms with Gasteiger partial charge < -0.3 is 9.13 Å². The number of nitrogens with zero attached hydrogens (tertiary/aromatic N) is 4. The molecular weight excluding hydrogens is 653 g/mol. The molecule has 8 nitrogen and oxygen atoms in total. The zero-order valence-electron chi connectivity index (χ0n) is 28.3. The fraction of sp³-hybridized carbons (Fsp3) is 0.0952. The molecule has 252 valence electrons. The van der Waals surface area contributed by atoms with E-state index in [9.17, 15) is 8.42 Å². The number of aromatic nitrogens is 2. The van der Waals surface area contributed by atoms with Crippen LogP contribution < -0.4 is 10.9 Å². The van der Waals surface area contributed by atoms with Crippen LogP contribution in [-0.4, -0.2) is 30.0 Å². The number of benzene rings is 6. The molecule has 0 aliphatic heterocycles. The summed E-state index contributed by atoms with van der Waals surface area (Å²) in [5, 5.41) is 13.6. The summed E-state index contributed by atoms with van der Waals surface area (Å²) >= 11 is 0. The topological polar surface area (TPSA) is 92.8 Å². The first-order valence-corrected chi connectivity index (χ1v) is 18.5. The fourth-order valence-corrected chi connectivity index (χ4v) is 8.16. The van der Waals surface area contributed by atoms with Crippen molar-refractivity contribution in [1.82, 2.24) is 9.13 Å². The predicted octanol–water partition coefficient (Wildman–Crippen LogP) is 9.67. The molecule has 0 saturated heterocycles. The van der Waals surface area contributed by atoms with Crippen LogP contribution in [0.25, 0.3) is 43.6 Å². The Bertz CT molecular complexity index is 2540. The van der Waals surface area contributed by atoms with Gasteiger partial charge in [-0.05, 0) is 110 Å². The van der Waals surface area contributed by atoms with Crippen LogP contribution >= 0.6 is 0 Å². The second-order valence-corrected chi connectivity index (χ2v) is 14.3. The average molecular weight is 689 g/mol. The van der Waals surface area contributed by atoms with Crippen LogP contribution in [0.15, 0.2) is 153 Å². The number of rotatable bonds is 10. The first-order valence-electron chi connectivity index (χ1n) is 17.0. The number of sulfone groups is 1. The van der Waals surface area contributed by atoms with Crippen LogP contribution in [0, 0.1) is 0 Å². The molecule has 8 rings (SSSR count). The minimum Gasteiger partial charge on any atom is -0.341 e. The summed E-state index contributed by atoms with van der Waals surface area (Å²) in [7, 11) is -3.71. The minimum atomic E-state index is -3.71. The Morgan fingerprint density at radius 3 is 1.31 bits per heavy atom. The average Bonchev–Trinajstić information content (AvgIpc) is 3.66. The Kier molecular flexibility index (Phi) is 8.33. The molecule has 0 bridgehead atoms. The van der Waals surface area contributed by atoms with Crippen LogP contribution in [0.1, 0.15) is 25.0 Å². The third-order valence-electron chi connectivity index (χ3n) is 9.37. The predicted molar refractivity (Wildman–Crippen MR) is 211 cm³/mol. The van der Waals surface area contributed by atoms with Gasteiger partial charge in [-0.15, -0.1) is 0 Å². The lowest BCUT2D eigenvalue weighted by Crippen LogP contribution is -2.02. The summed E-state index contributed by atoms with van der Waals surface area (Å²) in [6, 6.07) is 42.7. The van der Waals surface area contributed by atoms with Gasteiger partial charge in [-0.3, -0.25) is 10.9 Å². The molecule has 2 N–H and O–H groups in total. The Morgan fingerprint density at radius 1 is 0.510 bits per heavy atom. The van der Waals surface area contributed by atoms with Gasteiger partial charge in [0.05, 0.1) is 33.6 Å². The summed E-state index contributed by atoms with van der Waals surface area (Å²) in [5.41, 5.74) is 14.2. The molecule has 2 heterocycles. The van der Waals surface area contributed by atoms with Crippen LogP contribution in [0.2, 0.25) is 0 Å². The number of fused-ring (bicyclic) bond motifs is 6. The molecule has 6 aromatic carbocycles. The van der Waals surface area contributed by atoms with E-state index in [1.165, 1.54) is 43.6 Å². The van der Waals surface area contributed by atoms with E-state index in [-0.39, 0.29) is 9.79 Å². The highest BCUT2D eigenvalue weighted by Gasteiger charge is 2.17. The monoisotopic (exact) mass is 688 g/mol. The smallest absolute Gasteiger partial charge is 0.206 e. The van der Waals surface area contributed by atoms with Gasteiger partial charge in [-0.2, -0.15) is 10.2 Å². The van der Waals surface area contributed by atoms with Crippen LogP contribution in [0.3, 0.4) is 0 Å². The van der Waals surface area contributed by atoms with Crippen molar-refractivity contribution < 1.29 is 8.42 Å². The highest BCUT2D eigenvalue weighted by Crippen LogP contribution is 2.31. The van der Waals surface area contributed by atoms with Crippen molar-refractivity contribution in [1.29, 1.82) is 0 Å². The zero-order valence-corrected chi connectivity index (χ0v) is 29.1. The van der Waals surface area contributed by atoms with Crippen molar-refractivity contribution in [2.45, 2.75) is 36.7 Å². The van der Waals surface area contributed by atoms with Crippen molar-refractivity contribution in [3.8, 4) is 0 Å². The van der Waals surface area contributed by atoms with Crippen LogP contribution in [0.5, 0.6) is 0 Å². The van der Waals surface area contributed by atoms with Gasteiger partial charge in [0.25, 0.3) is 0 Å². The maximum absolute atomic E-state index is 13.4. The molecule has 0 aliphatic carbocycles. The van der Waals surface area contributed by atoms with E-state index >= 15 is 0 Å². The molecule has 8 aromatic rings. The molecule has 0 radical (unpaired) electrons. The van der Waals surface area contributed by atoms with Crippen LogP contribution in [-0.2, 0) is 22.9 Å². The van der Waals surface area contributed by atoms with E-state index < -0.39 is 9.84 Å². The summed E-state index contributed by atoms with van der Waals surface area (Å²) in [6.07, 6.45) is 3.54. The van der Waals surface area contributed by atoms with Crippen molar-refractivity contribution in [2.75, 3.05) is 10.9 Å². The lowest BCUT2D eigenvalue weighted by atomic mass is 10.1. The van der Waals surface area contributed by atoms with Crippen molar-refractivity contribution in [3.05, 3.63) is 145 Å². The Balaban J connectivity index is 0.916. The van der Waals surface area contributed by atoms with E-state index in [1.54, 1.807) is 61.0 Å². The lowest BCUT2D eigenvalue weighted by molar-refractivity contribution is 0.596. The second kappa shape index (κ2) is 13.3. The van der Waals surface area contributed by atoms with E-state index in [0.717, 1.165) is 24.2 Å². The Hall–Kier alpha value is -6.19. The first-order chi connectivity index (χ1) is 24.9. The van der Waals surface area contributed by atoms with Gasteiger partial charge >= 0.3 is 0 Å². The largest absolute Gasteiger partial charge is 0.341 e. The van der Waals surface area contributed by atoms with E-state index in [1.807, 2.05) is 0 Å². The third-order valence-corrected chi connectivity index (χ3v) is 11.2. The molecule has 51 heavy (non-hydrogen) atoms. The molecule has 0 atom stereocenters. The van der Waals surface area contributed by atoms with Crippen molar-refractivity contribution in [3.63, 3.8) is 0 Å². The SMILES string of the molecule is CCn1c2ccccc2c2cc(/C=N/Nc3ccc(S(=O)(=O)c4ccc(N/N=C/c5ccc6c(c5)c5ccccc5n6CC)cc4)cc3)ccc21. The molecular formula is C42H36N6O2S. The molecule has 2 aromatic heterocycles. The molecule has 0 unspecified atom stereocenters. The Morgan fingerprint density at radius 2 is 0.902 bits per heavy atom. The third kappa shape index (κ3) is 5.91. The molecule has 0 saturated carbocycles. The number of para-hydroxylation sites is 2. The highest BCUT2D eigenvalue weighted by atomic mass is 32.2. The number of hydrogen-bond donors (Lipinski definition) is 2. The van der Waals surface area contributed by atoms with E-state index in [2.05, 4.69) is 129 Å². The van der Waals surface area contributed by atoms with Crippen molar-refractivity contribution >= 4 is 77.3 Å². The quantitative estimate of drug-likeness (QED) is 0.111. The number of hydrogen-bond acceptors (Lipinski definition) is 6. The second-order valence-electron chi connectivity index (χ2n) is 12.4. The lowest BCUT2D eigenvalue weighted by Gasteiger charge is -2.07. The number of aryl methyl sites for hydroxylation is 2. The molecule has 0 amide bonds. The summed E-state index contributed by atoms with van der Waals surface area (Å²) in [6.45, 7) is 6.10. The molecule has 0 spiro atoms. The number of nitrogens with one attached hydrogen (secondary N) is 2. The zero-order chi connectivity index (χ0) is 35.0. The van der Waals surface area contributed by atoms with E-state index in [0.29, 0.717) is 11.4 Å². The summed E-state index contributed by atoms with van der Waals surface area (Å²) in [4.78, 5) is 0.404. The minimum absolute atomic E-state index is 0.202. The van der Waals surface area contributed by atoms with Gasteiger partial charge in [0.2, 0.25) is 9.84 Å². The van der Waals surface area contributed by atoms with Gasteiger partial charge in [0.15, 0.2) is 0 Å². The maximum atomic E-state index is 13.4. The first kappa shape index (κ1) is 32.0. The fourth-order valence-electron chi connectivity index (χ4n) is 6.90. The van der Waals surface area contributed by atoms with Gasteiger partial charge in [-0.1, -0.05) is 48.5 Å². The van der Waals surface area contributed by atoms with Gasteiger partial charge in [0, 0.05) is 56.7 Å². The highest BCUT2D eigenvalue weighted by molar-refractivity contribution is 7.91. The van der Waals surface area contributed by atoms with Gasteiger partial charge in [-0.25, -0.2) is 8.42 Å². The normalized spacial score (nSPS) is 12.3. The van der Waals surface area contributed by atoms with Gasteiger partial charge in [0.1, 0.15) is 0 Å². The van der Waals surface area contributed by atoms with Crippen molar-refractivity contribution in [2.24, 2.45) is 10.2 Å². The number of anilines is 2.